The number of carboxylic acid groups (broad SMARTS) is 1. The molecule has 6 nitrogen and oxygen atoms in total. The van der Waals surface area contributed by atoms with Gasteiger partial charge in [0.05, 0.1) is 0 Å². The van der Waals surface area contributed by atoms with Gasteiger partial charge in [0.15, 0.2) is 0 Å². The Morgan fingerprint density at radius 1 is 0.810 bits per heavy atom. The fourth-order valence-electron chi connectivity index (χ4n) is 4.52. The molecule has 1 unspecified atom stereocenters. The average molecular weight is 626 g/mol. The third-order valence-electron chi connectivity index (χ3n) is 6.73. The van der Waals surface area contributed by atoms with Crippen LogP contribution in [0.5, 0.6) is 0 Å². The van der Waals surface area contributed by atoms with E-state index in [0.29, 0.717) is 17.9 Å². The van der Waals surface area contributed by atoms with Crippen LogP contribution in [0.2, 0.25) is 0 Å². The van der Waals surface area contributed by atoms with Gasteiger partial charge in [0, 0.05) is 0 Å². The summed E-state index contributed by atoms with van der Waals surface area (Å²) < 4.78 is 17.6. The van der Waals surface area contributed by atoms with E-state index in [9.17, 15) is 19.3 Å². The van der Waals surface area contributed by atoms with Crippen molar-refractivity contribution in [2.45, 2.75) is 68.5 Å². The molecule has 0 aliphatic rings. The lowest BCUT2D eigenvalue weighted by molar-refractivity contribution is -0.143. The maximum absolute atomic E-state index is 13.8. The molecule has 224 valence electrons. The smallest absolute Gasteiger partial charge is 0.413 e. The molecule has 0 aliphatic carbocycles. The summed E-state index contributed by atoms with van der Waals surface area (Å²) in [5.74, 6) is 0.0690. The number of rotatable bonds is 19. The van der Waals surface area contributed by atoms with E-state index in [0.717, 1.165) is 37.7 Å². The molecule has 0 aliphatic heterocycles. The molecule has 3 aromatic carbocycles. The number of hydrogen-bond acceptors (Lipinski definition) is 6. The Balaban J connectivity index is 1.86. The van der Waals surface area contributed by atoms with Crippen molar-refractivity contribution in [3.8, 4) is 0 Å². The summed E-state index contributed by atoms with van der Waals surface area (Å²) in [5.41, 5.74) is 3.19. The standard InChI is InChI=1S/C33H40NO5PS2/c1-2-3-23-30(31(35)36)34(32(37)39-26-29-19-11-6-12-20-29)33(40-38,41-24-13-21-27-15-7-4-8-16-27)42-25-14-22-28-17-9-5-10-18-28/h4-12,15-20,30H,2-3,13-14,21-26H2,1H3,(H,35,36). The molecule has 42 heavy (non-hydrogen) atoms. The third-order valence-corrected chi connectivity index (χ3v) is 11.2. The summed E-state index contributed by atoms with van der Waals surface area (Å²) in [4.78, 5) is 27.7. The number of carboxylic acids is 1. The van der Waals surface area contributed by atoms with Gasteiger partial charge in [-0.15, -0.1) is 23.5 Å². The van der Waals surface area contributed by atoms with Gasteiger partial charge in [-0.3, -0.25) is 9.46 Å². The van der Waals surface area contributed by atoms with Crippen molar-refractivity contribution in [3.63, 3.8) is 0 Å². The van der Waals surface area contributed by atoms with Crippen LogP contribution in [0, 0.1) is 0 Å². The van der Waals surface area contributed by atoms with Crippen LogP contribution in [-0.2, 0) is 33.5 Å². The van der Waals surface area contributed by atoms with Crippen LogP contribution in [-0.4, -0.2) is 43.6 Å². The minimum Gasteiger partial charge on any atom is -0.480 e. The number of nitrogens with zero attached hydrogens (tertiary/aromatic N) is 1. The van der Waals surface area contributed by atoms with Gasteiger partial charge in [-0.05, 0) is 60.3 Å². The Morgan fingerprint density at radius 3 is 1.71 bits per heavy atom. The van der Waals surface area contributed by atoms with Crippen molar-refractivity contribution in [2.75, 3.05) is 11.5 Å². The van der Waals surface area contributed by atoms with E-state index in [2.05, 4.69) is 24.3 Å². The van der Waals surface area contributed by atoms with Crippen molar-refractivity contribution in [2.24, 2.45) is 0 Å². The van der Waals surface area contributed by atoms with Crippen LogP contribution >= 0.6 is 32.0 Å². The van der Waals surface area contributed by atoms with Gasteiger partial charge >= 0.3 is 12.1 Å². The third kappa shape index (κ3) is 10.8. The highest BCUT2D eigenvalue weighted by molar-refractivity contribution is 8.23. The average Bonchev–Trinajstić information content (AvgIpc) is 3.03. The zero-order chi connectivity index (χ0) is 30.0. The lowest BCUT2D eigenvalue weighted by Crippen LogP contribution is -2.53. The molecule has 3 aromatic rings. The van der Waals surface area contributed by atoms with E-state index in [1.54, 1.807) is 0 Å². The number of carbonyl (C=O) groups is 2. The van der Waals surface area contributed by atoms with Crippen molar-refractivity contribution < 1.29 is 24.0 Å². The highest BCUT2D eigenvalue weighted by Crippen LogP contribution is 2.51. The van der Waals surface area contributed by atoms with Crippen LogP contribution in [0.15, 0.2) is 91.0 Å². The molecule has 9 heteroatoms. The Labute approximate surface area is 259 Å². The monoisotopic (exact) mass is 625 g/mol. The van der Waals surface area contributed by atoms with Gasteiger partial charge in [-0.1, -0.05) is 111 Å². The predicted octanol–water partition coefficient (Wildman–Crippen LogP) is 8.90. The second kappa shape index (κ2) is 18.7. The summed E-state index contributed by atoms with van der Waals surface area (Å²) in [6, 6.07) is 28.4. The van der Waals surface area contributed by atoms with Gasteiger partial charge in [0.1, 0.15) is 12.6 Å². The van der Waals surface area contributed by atoms with E-state index in [1.165, 1.54) is 39.6 Å². The summed E-state index contributed by atoms with van der Waals surface area (Å²) in [5, 5.41) is 10.3. The first-order valence-electron chi connectivity index (χ1n) is 14.4. The first-order valence-corrected chi connectivity index (χ1v) is 17.2. The zero-order valence-electron chi connectivity index (χ0n) is 24.1. The number of aliphatic carboxylic acids is 1. The number of benzene rings is 3. The van der Waals surface area contributed by atoms with E-state index in [1.807, 2.05) is 73.7 Å². The van der Waals surface area contributed by atoms with E-state index >= 15 is 0 Å². The minimum atomic E-state index is -1.35. The number of carbonyl (C=O) groups excluding carboxylic acids is 1. The first kappa shape index (κ1) is 33.7. The highest BCUT2D eigenvalue weighted by atomic mass is 32.2. The Hall–Kier alpha value is -2.80. The minimum absolute atomic E-state index is 0.000532. The number of hydrogen-bond donors (Lipinski definition) is 1. The number of amides is 1. The van der Waals surface area contributed by atoms with Gasteiger partial charge in [0.2, 0.25) is 12.4 Å². The molecule has 0 saturated carbocycles. The lowest BCUT2D eigenvalue weighted by Gasteiger charge is -2.40. The van der Waals surface area contributed by atoms with Crippen LogP contribution in [0.4, 0.5) is 4.79 Å². The molecule has 1 atom stereocenters. The molecule has 1 amide bonds. The van der Waals surface area contributed by atoms with E-state index in [-0.39, 0.29) is 21.5 Å². The predicted molar refractivity (Wildman–Crippen MR) is 174 cm³/mol. The van der Waals surface area contributed by atoms with Gasteiger partial charge in [0.25, 0.3) is 0 Å². The van der Waals surface area contributed by atoms with Gasteiger partial charge < -0.3 is 9.84 Å². The molecule has 3 rings (SSSR count). The topological polar surface area (TPSA) is 83.9 Å². The second-order valence-electron chi connectivity index (χ2n) is 9.92. The fraction of sp³-hybridized carbons (Fsp3) is 0.394. The molecular weight excluding hydrogens is 585 g/mol. The molecule has 0 radical (unpaired) electrons. The molecular formula is C33H40NO5PS2. The molecule has 0 saturated heterocycles. The van der Waals surface area contributed by atoms with Gasteiger partial charge in [-0.2, -0.15) is 0 Å². The number of aryl methyl sites for hydroxylation is 2. The van der Waals surface area contributed by atoms with Crippen LogP contribution in [0.25, 0.3) is 0 Å². The molecule has 1 N–H and O–H groups in total. The zero-order valence-corrected chi connectivity index (χ0v) is 26.6. The SMILES string of the molecule is CCCCC(C(=O)O)N(C(=O)OCc1ccccc1)C(P=O)(SCCCc1ccccc1)SCCCc1ccccc1. The normalized spacial score (nSPS) is 12.1. The Morgan fingerprint density at radius 2 is 1.29 bits per heavy atom. The largest absolute Gasteiger partial charge is 0.480 e. The lowest BCUT2D eigenvalue weighted by atomic mass is 10.1. The van der Waals surface area contributed by atoms with Crippen LogP contribution < -0.4 is 0 Å². The van der Waals surface area contributed by atoms with E-state index in [4.69, 9.17) is 4.74 Å². The Bertz CT molecular complexity index is 1170. The molecule has 0 fully saturated rings. The van der Waals surface area contributed by atoms with Crippen molar-refractivity contribution in [1.82, 2.24) is 4.90 Å². The molecule has 0 bridgehead atoms. The Kier molecular flexibility index (Phi) is 15.0. The van der Waals surface area contributed by atoms with Crippen molar-refractivity contribution in [1.29, 1.82) is 0 Å². The molecule has 0 aromatic heterocycles. The van der Waals surface area contributed by atoms with Crippen LogP contribution in [0.1, 0.15) is 55.7 Å². The van der Waals surface area contributed by atoms with E-state index < -0.39 is 22.0 Å². The van der Waals surface area contributed by atoms with Gasteiger partial charge in [-0.25, -0.2) is 9.59 Å². The number of unbranched alkanes of at least 4 members (excludes halogenated alkanes) is 1. The fourth-order valence-corrected chi connectivity index (χ4v) is 8.42. The summed E-state index contributed by atoms with van der Waals surface area (Å²) in [7, 11) is -0.334. The first-order chi connectivity index (χ1) is 20.5. The van der Waals surface area contributed by atoms with Crippen molar-refractivity contribution >= 4 is 44.0 Å². The number of thioether (sulfide) groups is 2. The van der Waals surface area contributed by atoms with Crippen LogP contribution in [0.3, 0.4) is 0 Å². The highest BCUT2D eigenvalue weighted by Gasteiger charge is 2.49. The maximum atomic E-state index is 13.8. The summed E-state index contributed by atoms with van der Waals surface area (Å²) in [6.07, 6.45) is 4.10. The summed E-state index contributed by atoms with van der Waals surface area (Å²) in [6.45, 7) is 1.98. The molecule has 0 spiro atoms. The quantitative estimate of drug-likeness (QED) is 0.0809. The molecule has 0 heterocycles. The number of ether oxygens (including phenoxy) is 1. The maximum Gasteiger partial charge on any atom is 0.413 e. The summed E-state index contributed by atoms with van der Waals surface area (Å²) >= 11 is 2.74. The second-order valence-corrected chi connectivity index (χ2v) is 14.2. The van der Waals surface area contributed by atoms with Crippen molar-refractivity contribution in [3.05, 3.63) is 108 Å².